The van der Waals surface area contributed by atoms with Crippen molar-refractivity contribution in [3.63, 3.8) is 0 Å². The number of hydrogen-bond donors (Lipinski definition) is 2. The molecule has 0 aliphatic heterocycles. The average molecular weight is 270 g/mol. The van der Waals surface area contributed by atoms with Crippen LogP contribution in [-0.2, 0) is 0 Å². The Labute approximate surface area is 120 Å². The third kappa shape index (κ3) is 3.61. The topological polar surface area (TPSA) is 55.1 Å². The van der Waals surface area contributed by atoms with Crippen LogP contribution < -0.4 is 11.1 Å². The van der Waals surface area contributed by atoms with Crippen LogP contribution in [0.4, 0.5) is 0 Å². The molecule has 1 aromatic rings. The Kier molecular flexibility index (Phi) is 4.81. The van der Waals surface area contributed by atoms with Crippen molar-refractivity contribution < 1.29 is 4.79 Å². The zero-order chi connectivity index (χ0) is 14.5. The van der Waals surface area contributed by atoms with Gasteiger partial charge in [0.1, 0.15) is 0 Å². The number of amides is 1. The van der Waals surface area contributed by atoms with Crippen molar-refractivity contribution in [3.8, 4) is 11.8 Å². The minimum Gasteiger partial charge on any atom is -0.349 e. The minimum absolute atomic E-state index is 0.0186. The normalized spacial score (nSPS) is 19.9. The summed E-state index contributed by atoms with van der Waals surface area (Å²) in [4.78, 5) is 12.3. The van der Waals surface area contributed by atoms with Gasteiger partial charge in [-0.15, -0.1) is 0 Å². The minimum atomic E-state index is -0.0186. The Morgan fingerprint density at radius 1 is 1.50 bits per heavy atom. The summed E-state index contributed by atoms with van der Waals surface area (Å²) in [5.74, 6) is 6.45. The van der Waals surface area contributed by atoms with Gasteiger partial charge in [0.15, 0.2) is 0 Å². The van der Waals surface area contributed by atoms with E-state index in [4.69, 9.17) is 5.73 Å². The number of nitrogens with one attached hydrogen (secondary N) is 1. The lowest BCUT2D eigenvalue weighted by atomic mass is 10.0. The van der Waals surface area contributed by atoms with Gasteiger partial charge >= 0.3 is 0 Å². The molecule has 1 fully saturated rings. The highest BCUT2D eigenvalue weighted by molar-refractivity contribution is 5.97. The second-order valence-electron chi connectivity index (χ2n) is 5.42. The van der Waals surface area contributed by atoms with Crippen molar-refractivity contribution in [1.29, 1.82) is 0 Å². The van der Waals surface area contributed by atoms with E-state index in [1.165, 1.54) is 12.8 Å². The van der Waals surface area contributed by atoms with Gasteiger partial charge in [-0.3, -0.25) is 4.79 Å². The number of aryl methyl sites for hydroxylation is 1. The average Bonchev–Trinajstić information content (AvgIpc) is 3.14. The molecule has 0 radical (unpaired) electrons. The predicted molar refractivity (Wildman–Crippen MR) is 81.4 cm³/mol. The van der Waals surface area contributed by atoms with Crippen LogP contribution in [0.25, 0.3) is 0 Å². The van der Waals surface area contributed by atoms with Crippen LogP contribution in [0.5, 0.6) is 0 Å². The third-order valence-corrected chi connectivity index (χ3v) is 3.64. The van der Waals surface area contributed by atoms with E-state index in [0.29, 0.717) is 24.1 Å². The first-order valence-corrected chi connectivity index (χ1v) is 7.26. The van der Waals surface area contributed by atoms with Crippen LogP contribution in [0.1, 0.15) is 47.7 Å². The van der Waals surface area contributed by atoms with Crippen LogP contribution in [-0.4, -0.2) is 18.5 Å². The highest BCUT2D eigenvalue weighted by Crippen LogP contribution is 2.34. The predicted octanol–water partition coefficient (Wildman–Crippen LogP) is 2.22. The molecule has 20 heavy (non-hydrogen) atoms. The largest absolute Gasteiger partial charge is 0.349 e. The van der Waals surface area contributed by atoms with Crippen molar-refractivity contribution in [1.82, 2.24) is 5.32 Å². The smallest absolute Gasteiger partial charge is 0.252 e. The van der Waals surface area contributed by atoms with Gasteiger partial charge in [-0.2, -0.15) is 0 Å². The third-order valence-electron chi connectivity index (χ3n) is 3.64. The van der Waals surface area contributed by atoms with Gasteiger partial charge in [0, 0.05) is 11.6 Å². The standard InChI is InChI=1S/C17H22N2O/c1-3-5-14-11-16(14)19-17(20)15-8-7-12(2)10-13(15)6-4-9-18/h7-8,10,14,16H,3,5,9,11,18H2,1-2H3,(H,19,20). The van der Waals surface area contributed by atoms with E-state index in [0.717, 1.165) is 17.5 Å². The highest BCUT2D eigenvalue weighted by atomic mass is 16.1. The molecule has 1 amide bonds. The van der Waals surface area contributed by atoms with Gasteiger partial charge in [0.05, 0.1) is 12.1 Å². The maximum atomic E-state index is 12.3. The van der Waals surface area contributed by atoms with Crippen molar-refractivity contribution in [3.05, 3.63) is 34.9 Å². The van der Waals surface area contributed by atoms with E-state index in [1.807, 2.05) is 25.1 Å². The maximum absolute atomic E-state index is 12.3. The van der Waals surface area contributed by atoms with Crippen LogP contribution in [0.15, 0.2) is 18.2 Å². The van der Waals surface area contributed by atoms with E-state index in [1.54, 1.807) is 0 Å². The summed E-state index contributed by atoms with van der Waals surface area (Å²) in [6, 6.07) is 6.08. The number of carbonyl (C=O) groups is 1. The lowest BCUT2D eigenvalue weighted by Crippen LogP contribution is -2.27. The Bertz CT molecular complexity index is 554. The first kappa shape index (κ1) is 14.6. The number of rotatable bonds is 4. The van der Waals surface area contributed by atoms with E-state index in [9.17, 15) is 4.79 Å². The van der Waals surface area contributed by atoms with Crippen molar-refractivity contribution in [2.45, 2.75) is 39.2 Å². The molecule has 2 atom stereocenters. The van der Waals surface area contributed by atoms with Crippen molar-refractivity contribution >= 4 is 5.91 Å². The summed E-state index contributed by atoms with van der Waals surface area (Å²) in [6.45, 7) is 4.47. The number of hydrogen-bond acceptors (Lipinski definition) is 2. The van der Waals surface area contributed by atoms with Crippen LogP contribution in [0.3, 0.4) is 0 Å². The molecule has 0 spiro atoms. The fourth-order valence-corrected chi connectivity index (χ4v) is 2.47. The summed E-state index contributed by atoms with van der Waals surface area (Å²) in [6.07, 6.45) is 3.47. The molecule has 3 heteroatoms. The summed E-state index contributed by atoms with van der Waals surface area (Å²) in [7, 11) is 0. The lowest BCUT2D eigenvalue weighted by Gasteiger charge is -2.07. The van der Waals surface area contributed by atoms with Gasteiger partial charge < -0.3 is 11.1 Å². The lowest BCUT2D eigenvalue weighted by molar-refractivity contribution is 0.0948. The van der Waals surface area contributed by atoms with Crippen LogP contribution >= 0.6 is 0 Å². The molecule has 3 N–H and O–H groups in total. The number of benzene rings is 1. The number of carbonyl (C=O) groups excluding carboxylic acids is 1. The van der Waals surface area contributed by atoms with Gasteiger partial charge in [-0.05, 0) is 43.4 Å². The molecule has 1 aliphatic rings. The van der Waals surface area contributed by atoms with Gasteiger partial charge in [0.2, 0.25) is 0 Å². The second kappa shape index (κ2) is 6.58. The fraction of sp³-hybridized carbons (Fsp3) is 0.471. The molecule has 106 valence electrons. The second-order valence-corrected chi connectivity index (χ2v) is 5.42. The highest BCUT2D eigenvalue weighted by Gasteiger charge is 2.37. The first-order valence-electron chi connectivity index (χ1n) is 7.26. The van der Waals surface area contributed by atoms with E-state index >= 15 is 0 Å². The van der Waals surface area contributed by atoms with E-state index in [-0.39, 0.29) is 5.91 Å². The Morgan fingerprint density at radius 2 is 2.30 bits per heavy atom. The van der Waals surface area contributed by atoms with Crippen LogP contribution in [0, 0.1) is 24.7 Å². The zero-order valence-electron chi connectivity index (χ0n) is 12.2. The zero-order valence-corrected chi connectivity index (χ0v) is 12.2. The molecule has 0 heterocycles. The molecule has 1 aliphatic carbocycles. The SMILES string of the molecule is CCCC1CC1NC(=O)c1ccc(C)cc1C#CCN. The quantitative estimate of drug-likeness (QED) is 0.824. The summed E-state index contributed by atoms with van der Waals surface area (Å²) in [5.41, 5.74) is 7.92. The molecule has 2 rings (SSSR count). The Hall–Kier alpha value is -1.79. The molecular formula is C17H22N2O. The first-order chi connectivity index (χ1) is 9.65. The monoisotopic (exact) mass is 270 g/mol. The summed E-state index contributed by atoms with van der Waals surface area (Å²) in [5, 5.41) is 3.10. The molecule has 0 bridgehead atoms. The Balaban J connectivity index is 2.09. The summed E-state index contributed by atoms with van der Waals surface area (Å²) < 4.78 is 0. The molecule has 1 aromatic carbocycles. The molecule has 3 nitrogen and oxygen atoms in total. The molecule has 2 unspecified atom stereocenters. The van der Waals surface area contributed by atoms with Crippen molar-refractivity contribution in [2.24, 2.45) is 11.7 Å². The Morgan fingerprint density at radius 3 is 3.00 bits per heavy atom. The molecule has 0 saturated heterocycles. The fourth-order valence-electron chi connectivity index (χ4n) is 2.47. The van der Waals surface area contributed by atoms with Crippen molar-refractivity contribution in [2.75, 3.05) is 6.54 Å². The van der Waals surface area contributed by atoms with Gasteiger partial charge in [-0.25, -0.2) is 0 Å². The van der Waals surface area contributed by atoms with E-state index < -0.39 is 0 Å². The van der Waals surface area contributed by atoms with E-state index in [2.05, 4.69) is 24.1 Å². The maximum Gasteiger partial charge on any atom is 0.252 e. The summed E-state index contributed by atoms with van der Waals surface area (Å²) >= 11 is 0. The molecule has 0 aromatic heterocycles. The molecule has 1 saturated carbocycles. The van der Waals surface area contributed by atoms with Gasteiger partial charge in [-0.1, -0.05) is 31.3 Å². The van der Waals surface area contributed by atoms with Crippen LogP contribution in [0.2, 0.25) is 0 Å². The molecular weight excluding hydrogens is 248 g/mol. The van der Waals surface area contributed by atoms with Gasteiger partial charge in [0.25, 0.3) is 5.91 Å². The number of nitrogens with two attached hydrogens (primary N) is 1.